The maximum atomic E-state index is 12.6. The van der Waals surface area contributed by atoms with Crippen molar-refractivity contribution in [2.45, 2.75) is 25.7 Å². The van der Waals surface area contributed by atoms with E-state index in [-0.39, 0.29) is 10.8 Å². The van der Waals surface area contributed by atoms with E-state index in [0.717, 1.165) is 10.9 Å². The lowest BCUT2D eigenvalue weighted by Crippen LogP contribution is -2.33. The van der Waals surface area contributed by atoms with Crippen LogP contribution >= 0.6 is 11.8 Å². The van der Waals surface area contributed by atoms with Gasteiger partial charge in [0.15, 0.2) is 5.17 Å². The molecule has 6 nitrogen and oxygen atoms in total. The molecule has 0 aliphatic carbocycles. The second-order valence-electron chi connectivity index (χ2n) is 5.17. The maximum Gasteiger partial charge on any atom is 0.259 e. The van der Waals surface area contributed by atoms with Crippen LogP contribution in [0.15, 0.2) is 34.2 Å². The van der Waals surface area contributed by atoms with Gasteiger partial charge in [-0.2, -0.15) is 4.31 Å². The molecule has 132 valence electrons. The Labute approximate surface area is 148 Å². The predicted molar refractivity (Wildman–Crippen MR) is 98.0 cm³/mol. The number of hydrogen-bond acceptors (Lipinski definition) is 5. The number of thioether (sulfide) groups is 1. The van der Waals surface area contributed by atoms with Crippen LogP contribution in [0.1, 0.15) is 31.1 Å². The fraction of sp³-hybridized carbons (Fsp3) is 0.500. The fourth-order valence-electron chi connectivity index (χ4n) is 2.51. The minimum Gasteiger partial charge on any atom is -0.286 e. The van der Waals surface area contributed by atoms with E-state index < -0.39 is 10.0 Å². The van der Waals surface area contributed by atoms with Crippen LogP contribution in [0.4, 0.5) is 0 Å². The van der Waals surface area contributed by atoms with Gasteiger partial charge in [-0.05, 0) is 30.0 Å². The van der Waals surface area contributed by atoms with Gasteiger partial charge in [0.05, 0.1) is 11.4 Å². The lowest BCUT2D eigenvalue weighted by Gasteiger charge is -2.19. The van der Waals surface area contributed by atoms with Crippen LogP contribution in [0.5, 0.6) is 0 Å². The minimum atomic E-state index is -3.50. The number of carbonyl (C=O) groups is 1. The van der Waals surface area contributed by atoms with Crippen LogP contribution < -0.4 is 0 Å². The number of amides is 1. The highest BCUT2D eigenvalue weighted by molar-refractivity contribution is 8.13. The first-order valence-electron chi connectivity index (χ1n) is 8.05. The number of hydrogen-bond donors (Lipinski definition) is 0. The zero-order valence-corrected chi connectivity index (χ0v) is 15.9. The van der Waals surface area contributed by atoms with E-state index in [1.54, 1.807) is 30.9 Å². The zero-order valence-electron chi connectivity index (χ0n) is 14.2. The van der Waals surface area contributed by atoms with Crippen LogP contribution in [-0.4, -0.2) is 60.6 Å². The summed E-state index contributed by atoms with van der Waals surface area (Å²) in [7, 11) is -3.50. The topological polar surface area (TPSA) is 70.0 Å². The Balaban J connectivity index is 2.21. The molecule has 2 rings (SSSR count). The Morgan fingerprint density at radius 1 is 1.21 bits per heavy atom. The van der Waals surface area contributed by atoms with E-state index in [1.807, 2.05) is 6.92 Å². The van der Waals surface area contributed by atoms with Gasteiger partial charge in [0, 0.05) is 25.2 Å². The zero-order chi connectivity index (χ0) is 17.7. The lowest BCUT2D eigenvalue weighted by molar-refractivity contribution is 0.0860. The van der Waals surface area contributed by atoms with Gasteiger partial charge in [-0.15, -0.1) is 0 Å². The summed E-state index contributed by atoms with van der Waals surface area (Å²) in [6, 6.07) is 6.15. The highest BCUT2D eigenvalue weighted by Gasteiger charge is 2.26. The molecule has 0 atom stereocenters. The highest BCUT2D eigenvalue weighted by Crippen LogP contribution is 2.20. The highest BCUT2D eigenvalue weighted by atomic mass is 32.2. The number of sulfonamides is 1. The molecule has 0 bridgehead atoms. The molecule has 1 amide bonds. The monoisotopic (exact) mass is 369 g/mol. The van der Waals surface area contributed by atoms with Crippen LogP contribution in [0.2, 0.25) is 0 Å². The summed E-state index contributed by atoms with van der Waals surface area (Å²) in [5, 5.41) is 0.738. The van der Waals surface area contributed by atoms with Crippen molar-refractivity contribution in [1.29, 1.82) is 0 Å². The van der Waals surface area contributed by atoms with Gasteiger partial charge >= 0.3 is 0 Å². The van der Waals surface area contributed by atoms with Gasteiger partial charge in [-0.25, -0.2) is 8.42 Å². The van der Waals surface area contributed by atoms with Crippen molar-refractivity contribution in [3.05, 3.63) is 29.8 Å². The Morgan fingerprint density at radius 3 is 2.38 bits per heavy atom. The first kappa shape index (κ1) is 19.0. The SMILES string of the molecule is CCSC1=NCCN1C(=O)c1ccc(S(=O)(=O)N(CC)CC)cc1. The molecule has 8 heteroatoms. The van der Waals surface area contributed by atoms with E-state index in [2.05, 4.69) is 4.99 Å². The molecule has 0 saturated carbocycles. The van der Waals surface area contributed by atoms with Crippen molar-refractivity contribution in [2.75, 3.05) is 31.9 Å². The molecule has 0 radical (unpaired) electrons. The number of amidine groups is 1. The first-order valence-corrected chi connectivity index (χ1v) is 10.5. The maximum absolute atomic E-state index is 12.6. The third kappa shape index (κ3) is 3.81. The summed E-state index contributed by atoms with van der Waals surface area (Å²) >= 11 is 1.54. The molecule has 0 saturated heterocycles. The average molecular weight is 370 g/mol. The molecule has 0 aromatic heterocycles. The van der Waals surface area contributed by atoms with Crippen LogP contribution in [-0.2, 0) is 10.0 Å². The number of aliphatic imine (C=N–C) groups is 1. The van der Waals surface area contributed by atoms with E-state index in [4.69, 9.17) is 0 Å². The van der Waals surface area contributed by atoms with E-state index in [1.165, 1.54) is 28.2 Å². The number of benzene rings is 1. The van der Waals surface area contributed by atoms with Gasteiger partial charge < -0.3 is 0 Å². The third-order valence-corrected chi connectivity index (χ3v) is 6.73. The quantitative estimate of drug-likeness (QED) is 0.771. The molecule has 1 aliphatic rings. The molecule has 0 fully saturated rings. The van der Waals surface area contributed by atoms with E-state index in [0.29, 0.717) is 31.7 Å². The lowest BCUT2D eigenvalue weighted by atomic mass is 10.2. The second kappa shape index (κ2) is 8.13. The molecule has 1 aliphatic heterocycles. The summed E-state index contributed by atoms with van der Waals surface area (Å²) in [6.07, 6.45) is 0. The van der Waals surface area contributed by atoms with Crippen molar-refractivity contribution in [2.24, 2.45) is 4.99 Å². The van der Waals surface area contributed by atoms with E-state index in [9.17, 15) is 13.2 Å². The number of rotatable bonds is 6. The summed E-state index contributed by atoms with van der Waals surface area (Å²) in [6.45, 7) is 7.64. The van der Waals surface area contributed by atoms with Crippen molar-refractivity contribution < 1.29 is 13.2 Å². The van der Waals surface area contributed by atoms with Crippen molar-refractivity contribution in [3.63, 3.8) is 0 Å². The van der Waals surface area contributed by atoms with Gasteiger partial charge in [0.2, 0.25) is 10.0 Å². The van der Waals surface area contributed by atoms with E-state index >= 15 is 0 Å². The van der Waals surface area contributed by atoms with Gasteiger partial charge in [-0.1, -0.05) is 32.5 Å². The average Bonchev–Trinajstić information content (AvgIpc) is 3.04. The normalized spacial score (nSPS) is 15.0. The Hall–Kier alpha value is -1.38. The second-order valence-corrected chi connectivity index (χ2v) is 8.34. The van der Waals surface area contributed by atoms with Gasteiger partial charge in [-0.3, -0.25) is 14.7 Å². The van der Waals surface area contributed by atoms with Crippen molar-refractivity contribution >= 4 is 32.9 Å². The molecular formula is C16H23N3O3S2. The molecule has 24 heavy (non-hydrogen) atoms. The molecule has 1 heterocycles. The third-order valence-electron chi connectivity index (χ3n) is 3.76. The minimum absolute atomic E-state index is 0.140. The first-order chi connectivity index (χ1) is 11.5. The summed E-state index contributed by atoms with van der Waals surface area (Å²) in [5.74, 6) is 0.711. The molecule has 0 N–H and O–H groups in total. The Bertz CT molecular complexity index is 711. The summed E-state index contributed by atoms with van der Waals surface area (Å²) in [4.78, 5) is 18.8. The number of nitrogens with zero attached hydrogens (tertiary/aromatic N) is 3. The largest absolute Gasteiger partial charge is 0.286 e. The Kier molecular flexibility index (Phi) is 6.42. The number of carbonyl (C=O) groups excluding carboxylic acids is 1. The standard InChI is InChI=1S/C16H23N3O3S2/c1-4-18(5-2)24(21,22)14-9-7-13(8-10-14)15(20)19-12-11-17-16(19)23-6-3/h7-10H,4-6,11-12H2,1-3H3. The molecule has 1 aromatic rings. The Morgan fingerprint density at radius 2 is 1.83 bits per heavy atom. The molecule has 0 unspecified atom stereocenters. The summed E-state index contributed by atoms with van der Waals surface area (Å²) < 4.78 is 26.4. The summed E-state index contributed by atoms with van der Waals surface area (Å²) in [5.41, 5.74) is 0.472. The van der Waals surface area contributed by atoms with Crippen LogP contribution in [0.25, 0.3) is 0 Å². The predicted octanol–water partition coefficient (Wildman–Crippen LogP) is 2.28. The van der Waals surface area contributed by atoms with Crippen molar-refractivity contribution in [3.8, 4) is 0 Å². The van der Waals surface area contributed by atoms with Gasteiger partial charge in [0.25, 0.3) is 5.91 Å². The molecular weight excluding hydrogens is 346 g/mol. The van der Waals surface area contributed by atoms with Crippen molar-refractivity contribution in [1.82, 2.24) is 9.21 Å². The van der Waals surface area contributed by atoms with Gasteiger partial charge in [0.1, 0.15) is 0 Å². The van der Waals surface area contributed by atoms with Crippen LogP contribution in [0.3, 0.4) is 0 Å². The molecule has 0 spiro atoms. The molecule has 1 aromatic carbocycles. The fourth-order valence-corrected chi connectivity index (χ4v) is 4.73. The smallest absolute Gasteiger partial charge is 0.259 e. The van der Waals surface area contributed by atoms with Crippen LogP contribution in [0, 0.1) is 0 Å².